The lowest BCUT2D eigenvalue weighted by atomic mass is 10.1. The normalized spacial score (nSPS) is 15.0. The van der Waals surface area contributed by atoms with Crippen LogP contribution in [0.3, 0.4) is 0 Å². The van der Waals surface area contributed by atoms with E-state index in [4.69, 9.17) is 10.5 Å². The van der Waals surface area contributed by atoms with Gasteiger partial charge in [0.05, 0.1) is 32.7 Å². The quantitative estimate of drug-likeness (QED) is 0.184. The first-order chi connectivity index (χ1) is 14.1. The molecule has 1 fully saturated rings. The Labute approximate surface area is 202 Å². The number of aromatic nitrogens is 2. The number of nitrogens with two attached hydrogens (primary N) is 1. The van der Waals surface area contributed by atoms with Gasteiger partial charge < -0.3 is 27.5 Å². The number of nitrogens with zero attached hydrogens (tertiary/aromatic N) is 5. The lowest BCUT2D eigenvalue weighted by Crippen LogP contribution is -3.00. The van der Waals surface area contributed by atoms with Gasteiger partial charge in [0.2, 0.25) is 5.96 Å². The molecule has 0 saturated carbocycles. The third kappa shape index (κ3) is 6.13. The van der Waals surface area contributed by atoms with Gasteiger partial charge in [-0.15, -0.1) is 22.1 Å². The first-order valence-corrected chi connectivity index (χ1v) is 9.64. The molecule has 4 rings (SSSR count). The number of nitrogens with one attached hydrogen (secondary N) is 1. The van der Waals surface area contributed by atoms with Crippen LogP contribution in [0.25, 0.3) is 16.9 Å². The summed E-state index contributed by atoms with van der Waals surface area (Å²) in [6.45, 7) is 5.01. The van der Waals surface area contributed by atoms with E-state index in [-0.39, 0.29) is 39.9 Å². The predicted octanol–water partition coefficient (Wildman–Crippen LogP) is -1.19. The van der Waals surface area contributed by atoms with Gasteiger partial charge in [0.15, 0.2) is 5.69 Å². The Morgan fingerprint density at radius 1 is 1.13 bits per heavy atom. The van der Waals surface area contributed by atoms with Gasteiger partial charge in [-0.2, -0.15) is 5.10 Å². The van der Waals surface area contributed by atoms with E-state index in [1.807, 2.05) is 17.1 Å². The van der Waals surface area contributed by atoms with Gasteiger partial charge in [0.1, 0.15) is 6.20 Å². The number of hydrogen-bond acceptors (Lipinski definition) is 4. The SMILES string of the molecule is Br.Cc1ccc2n(C)c(-c3ccc(/C=N/N=C(\N)NN4CCOCC4)cc3)c[n+]2c1.[Br-]. The molecule has 0 spiro atoms. The third-order valence-corrected chi connectivity index (χ3v) is 4.93. The van der Waals surface area contributed by atoms with Crippen molar-refractivity contribution >= 4 is 34.8 Å². The second-order valence-corrected chi connectivity index (χ2v) is 7.11. The maximum atomic E-state index is 5.87. The third-order valence-electron chi connectivity index (χ3n) is 4.93. The van der Waals surface area contributed by atoms with Crippen molar-refractivity contribution in [1.29, 1.82) is 0 Å². The highest BCUT2D eigenvalue weighted by atomic mass is 79.9. The van der Waals surface area contributed by atoms with Crippen LogP contribution in [0.2, 0.25) is 0 Å². The van der Waals surface area contributed by atoms with Gasteiger partial charge in [0.25, 0.3) is 5.65 Å². The molecule has 1 aliphatic rings. The number of pyridine rings is 1. The van der Waals surface area contributed by atoms with Gasteiger partial charge in [-0.05, 0) is 36.2 Å². The summed E-state index contributed by atoms with van der Waals surface area (Å²) in [5.41, 5.74) is 14.5. The summed E-state index contributed by atoms with van der Waals surface area (Å²) in [7, 11) is 2.08. The minimum atomic E-state index is 0. The number of guanidine groups is 1. The highest BCUT2D eigenvalue weighted by Crippen LogP contribution is 2.20. The standard InChI is InChI=1S/C21H26N7O.2BrH/c1-16-3-8-20-26(2)19(15-27(20)14-16)18-6-4-17(5-7-18)13-23-24-21(22)25-28-9-11-29-12-10-28;;/h3-8,13-15H,9-12H2,1-2H3,(H3,22,24,25);2*1H/q+1;;/p-1/b23-13+;;. The van der Waals surface area contributed by atoms with Gasteiger partial charge in [-0.3, -0.25) is 5.43 Å². The van der Waals surface area contributed by atoms with Crippen LogP contribution >= 0.6 is 17.0 Å². The molecule has 0 amide bonds. The summed E-state index contributed by atoms with van der Waals surface area (Å²) in [6, 6.07) is 12.5. The fraction of sp³-hybridized carbons (Fsp3) is 0.286. The van der Waals surface area contributed by atoms with E-state index in [0.29, 0.717) is 13.2 Å². The molecule has 1 aromatic carbocycles. The van der Waals surface area contributed by atoms with Gasteiger partial charge in [0, 0.05) is 24.7 Å². The Balaban J connectivity index is 0.00000171. The summed E-state index contributed by atoms with van der Waals surface area (Å²) in [5.74, 6) is 0.266. The average molecular weight is 553 g/mol. The number of halogens is 2. The minimum absolute atomic E-state index is 0. The van der Waals surface area contributed by atoms with E-state index < -0.39 is 0 Å². The Hall–Kier alpha value is -2.27. The summed E-state index contributed by atoms with van der Waals surface area (Å²) in [6.07, 6.45) is 5.97. The molecule has 31 heavy (non-hydrogen) atoms. The average Bonchev–Trinajstić information content (AvgIpc) is 3.05. The van der Waals surface area contributed by atoms with Crippen molar-refractivity contribution in [1.82, 2.24) is 15.0 Å². The number of fused-ring (bicyclic) bond motifs is 1. The summed E-state index contributed by atoms with van der Waals surface area (Å²) in [5, 5.41) is 10.1. The number of rotatable bonds is 4. The zero-order valence-electron chi connectivity index (χ0n) is 17.5. The molecule has 0 aliphatic carbocycles. The van der Waals surface area contributed by atoms with Crippen LogP contribution in [0.4, 0.5) is 0 Å². The van der Waals surface area contributed by atoms with Crippen LogP contribution < -0.4 is 32.5 Å². The predicted molar refractivity (Wildman–Crippen MR) is 124 cm³/mol. The van der Waals surface area contributed by atoms with Crippen molar-refractivity contribution in [2.24, 2.45) is 23.0 Å². The van der Waals surface area contributed by atoms with E-state index in [1.165, 1.54) is 5.56 Å². The maximum Gasteiger partial charge on any atom is 0.286 e. The number of imidazole rings is 1. The molecular weight excluding hydrogens is 526 g/mol. The van der Waals surface area contributed by atoms with E-state index in [0.717, 1.165) is 35.6 Å². The van der Waals surface area contributed by atoms with E-state index in [2.05, 4.69) is 75.2 Å². The summed E-state index contributed by atoms with van der Waals surface area (Å²) in [4.78, 5) is 0. The van der Waals surface area contributed by atoms with Crippen LogP contribution in [-0.2, 0) is 11.8 Å². The van der Waals surface area contributed by atoms with Crippen LogP contribution in [0.15, 0.2) is 59.0 Å². The molecule has 3 heterocycles. The topological polar surface area (TPSA) is 84.3 Å². The molecule has 0 radical (unpaired) electrons. The number of hydrazine groups is 1. The van der Waals surface area contributed by atoms with Crippen molar-refractivity contribution in [2.75, 3.05) is 26.3 Å². The molecule has 166 valence electrons. The fourth-order valence-corrected chi connectivity index (χ4v) is 3.38. The lowest BCUT2D eigenvalue weighted by molar-refractivity contribution is -0.510. The molecule has 1 saturated heterocycles. The largest absolute Gasteiger partial charge is 1.00 e. The molecule has 1 aliphatic heterocycles. The van der Waals surface area contributed by atoms with E-state index in [1.54, 1.807) is 6.21 Å². The van der Waals surface area contributed by atoms with Crippen molar-refractivity contribution in [3.05, 3.63) is 59.9 Å². The number of aryl methyl sites for hydroxylation is 2. The summed E-state index contributed by atoms with van der Waals surface area (Å²) < 4.78 is 9.63. The second-order valence-electron chi connectivity index (χ2n) is 7.11. The van der Waals surface area contributed by atoms with Crippen molar-refractivity contribution in [3.63, 3.8) is 0 Å². The molecule has 0 bridgehead atoms. The van der Waals surface area contributed by atoms with Crippen LogP contribution in [0, 0.1) is 6.92 Å². The molecular formula is C21H27Br2N7O. The number of hydrogen-bond donors (Lipinski definition) is 2. The van der Waals surface area contributed by atoms with Gasteiger partial charge in [-0.25, -0.2) is 14.0 Å². The molecule has 10 heteroatoms. The van der Waals surface area contributed by atoms with Gasteiger partial charge in [-0.1, -0.05) is 12.1 Å². The monoisotopic (exact) mass is 551 g/mol. The highest BCUT2D eigenvalue weighted by Gasteiger charge is 2.15. The minimum Gasteiger partial charge on any atom is -1.00 e. The maximum absolute atomic E-state index is 5.87. The number of benzene rings is 1. The molecule has 0 unspecified atom stereocenters. The summed E-state index contributed by atoms with van der Waals surface area (Å²) >= 11 is 0. The first kappa shape index (κ1) is 25.0. The molecule has 3 aromatic rings. The zero-order valence-corrected chi connectivity index (χ0v) is 20.8. The molecule has 0 atom stereocenters. The van der Waals surface area contributed by atoms with Crippen molar-refractivity contribution in [3.8, 4) is 11.3 Å². The van der Waals surface area contributed by atoms with Crippen LogP contribution in [0.1, 0.15) is 11.1 Å². The first-order valence-electron chi connectivity index (χ1n) is 9.64. The molecule has 8 nitrogen and oxygen atoms in total. The lowest BCUT2D eigenvalue weighted by Gasteiger charge is -2.26. The van der Waals surface area contributed by atoms with Crippen LogP contribution in [-0.4, -0.2) is 48.1 Å². The molecule has 2 aromatic heterocycles. The van der Waals surface area contributed by atoms with E-state index >= 15 is 0 Å². The Bertz CT molecular complexity index is 1060. The zero-order chi connectivity index (χ0) is 20.2. The second kappa shape index (κ2) is 11.4. The Morgan fingerprint density at radius 3 is 2.55 bits per heavy atom. The highest BCUT2D eigenvalue weighted by molar-refractivity contribution is 8.93. The smallest absolute Gasteiger partial charge is 0.286 e. The Morgan fingerprint density at radius 2 is 1.84 bits per heavy atom. The Kier molecular flexibility index (Phi) is 9.17. The van der Waals surface area contributed by atoms with Gasteiger partial charge >= 0.3 is 0 Å². The van der Waals surface area contributed by atoms with Crippen molar-refractivity contribution < 1.29 is 26.1 Å². The number of morpholine rings is 1. The number of ether oxygens (including phenoxy) is 1. The van der Waals surface area contributed by atoms with E-state index in [9.17, 15) is 0 Å². The van der Waals surface area contributed by atoms with Crippen molar-refractivity contribution in [2.45, 2.75) is 6.92 Å². The fourth-order valence-electron chi connectivity index (χ4n) is 3.38. The molecule has 3 N–H and O–H groups in total. The van der Waals surface area contributed by atoms with Crippen LogP contribution in [0.5, 0.6) is 0 Å².